The van der Waals surface area contributed by atoms with Gasteiger partial charge in [0, 0.05) is 38.1 Å². The number of benzene rings is 1. The Balaban J connectivity index is 1.57. The van der Waals surface area contributed by atoms with Crippen molar-refractivity contribution in [3.05, 3.63) is 35.4 Å². The number of hydrogen-bond donors (Lipinski definition) is 2. The molecule has 1 fully saturated rings. The van der Waals surface area contributed by atoms with Crippen molar-refractivity contribution in [2.75, 3.05) is 26.2 Å². The molecule has 3 atom stereocenters. The van der Waals surface area contributed by atoms with Gasteiger partial charge in [-0.2, -0.15) is 0 Å². The molecule has 4 nitrogen and oxygen atoms in total. The second kappa shape index (κ2) is 8.43. The summed E-state index contributed by atoms with van der Waals surface area (Å²) in [5, 5.41) is 6.96. The van der Waals surface area contributed by atoms with Gasteiger partial charge >= 0.3 is 0 Å². The molecule has 26 heavy (non-hydrogen) atoms. The third kappa shape index (κ3) is 4.59. The summed E-state index contributed by atoms with van der Waals surface area (Å²) >= 11 is 0. The molecule has 1 saturated heterocycles. The van der Waals surface area contributed by atoms with E-state index in [0.29, 0.717) is 17.9 Å². The molecule has 1 aromatic rings. The van der Waals surface area contributed by atoms with Gasteiger partial charge in [-0.1, -0.05) is 45.0 Å². The van der Waals surface area contributed by atoms with Crippen molar-refractivity contribution in [2.24, 2.45) is 16.3 Å². The zero-order chi connectivity index (χ0) is 18.6. The molecule has 1 aliphatic heterocycles. The molecule has 3 rings (SSSR count). The van der Waals surface area contributed by atoms with Gasteiger partial charge in [-0.15, -0.1) is 0 Å². The molecule has 0 spiro atoms. The lowest BCUT2D eigenvalue weighted by Crippen LogP contribution is -2.43. The van der Waals surface area contributed by atoms with Crippen molar-refractivity contribution in [3.8, 4) is 0 Å². The topological polar surface area (TPSA) is 45.7 Å². The highest BCUT2D eigenvalue weighted by atomic mass is 16.5. The molecule has 0 saturated carbocycles. The van der Waals surface area contributed by atoms with Gasteiger partial charge in [-0.3, -0.25) is 4.99 Å². The molecular formula is C22H35N3O. The summed E-state index contributed by atoms with van der Waals surface area (Å²) in [6.07, 6.45) is 3.82. The predicted octanol–water partition coefficient (Wildman–Crippen LogP) is 3.72. The monoisotopic (exact) mass is 357 g/mol. The first kappa shape index (κ1) is 19.2. The van der Waals surface area contributed by atoms with Gasteiger partial charge in [0.2, 0.25) is 0 Å². The fourth-order valence-electron chi connectivity index (χ4n) is 4.30. The Labute approximate surface area is 158 Å². The van der Waals surface area contributed by atoms with Crippen LogP contribution < -0.4 is 10.6 Å². The largest absolute Gasteiger partial charge is 0.377 e. The Morgan fingerprint density at radius 1 is 1.23 bits per heavy atom. The second-order valence-corrected chi connectivity index (χ2v) is 8.76. The Morgan fingerprint density at radius 3 is 2.77 bits per heavy atom. The molecule has 1 aromatic carbocycles. The number of ether oxygens (including phenoxy) is 1. The van der Waals surface area contributed by atoms with Crippen molar-refractivity contribution in [1.29, 1.82) is 0 Å². The van der Waals surface area contributed by atoms with E-state index in [9.17, 15) is 0 Å². The summed E-state index contributed by atoms with van der Waals surface area (Å²) in [7, 11) is 0. The lowest BCUT2D eigenvalue weighted by Gasteiger charge is -2.39. The minimum atomic E-state index is 0.169. The number of guanidine groups is 1. The standard InChI is InChI=1S/C22H35N3O/c1-5-23-21(25-15-18-13-16-9-6-7-11-19(16)18)24-14-17-10-8-12-26-20(17)22(2,3)4/h6-7,9,11,17-18,20H,5,8,10,12-15H2,1-4H3,(H2,23,24,25). The normalized spacial score (nSPS) is 26.0. The molecule has 0 amide bonds. The Bertz CT molecular complexity index is 620. The molecule has 4 heteroatoms. The van der Waals surface area contributed by atoms with E-state index >= 15 is 0 Å². The van der Waals surface area contributed by atoms with E-state index in [-0.39, 0.29) is 5.41 Å². The summed E-state index contributed by atoms with van der Waals surface area (Å²) in [4.78, 5) is 4.90. The fourth-order valence-corrected chi connectivity index (χ4v) is 4.30. The van der Waals surface area contributed by atoms with E-state index in [1.54, 1.807) is 0 Å². The van der Waals surface area contributed by atoms with Crippen LogP contribution in [0.3, 0.4) is 0 Å². The minimum Gasteiger partial charge on any atom is -0.377 e. The van der Waals surface area contributed by atoms with E-state index in [1.807, 2.05) is 0 Å². The van der Waals surface area contributed by atoms with Gasteiger partial charge in [0.15, 0.2) is 5.96 Å². The summed E-state index contributed by atoms with van der Waals surface area (Å²) in [5.41, 5.74) is 3.15. The summed E-state index contributed by atoms with van der Waals surface area (Å²) in [5.74, 6) is 2.05. The van der Waals surface area contributed by atoms with Crippen LogP contribution in [-0.4, -0.2) is 38.3 Å². The maximum absolute atomic E-state index is 6.10. The average molecular weight is 358 g/mol. The van der Waals surface area contributed by atoms with Crippen LogP contribution >= 0.6 is 0 Å². The van der Waals surface area contributed by atoms with Crippen molar-refractivity contribution in [3.63, 3.8) is 0 Å². The van der Waals surface area contributed by atoms with Crippen LogP contribution in [0.25, 0.3) is 0 Å². The number of fused-ring (bicyclic) bond motifs is 1. The quantitative estimate of drug-likeness (QED) is 0.623. The van der Waals surface area contributed by atoms with Crippen LogP contribution in [0.5, 0.6) is 0 Å². The highest BCUT2D eigenvalue weighted by Crippen LogP contribution is 2.35. The minimum absolute atomic E-state index is 0.169. The van der Waals surface area contributed by atoms with Crippen molar-refractivity contribution >= 4 is 5.96 Å². The number of hydrogen-bond acceptors (Lipinski definition) is 2. The molecule has 1 heterocycles. The van der Waals surface area contributed by atoms with E-state index in [1.165, 1.54) is 24.0 Å². The van der Waals surface area contributed by atoms with E-state index in [0.717, 1.165) is 38.6 Å². The van der Waals surface area contributed by atoms with Gasteiger partial charge in [0.05, 0.1) is 6.10 Å². The van der Waals surface area contributed by atoms with Crippen LogP contribution in [0.4, 0.5) is 0 Å². The molecule has 0 aromatic heterocycles. The van der Waals surface area contributed by atoms with E-state index in [4.69, 9.17) is 9.73 Å². The van der Waals surface area contributed by atoms with Crippen molar-refractivity contribution in [1.82, 2.24) is 10.6 Å². The number of nitrogens with zero attached hydrogens (tertiary/aromatic N) is 1. The van der Waals surface area contributed by atoms with Gasteiger partial charge in [0.25, 0.3) is 0 Å². The SMILES string of the molecule is CCNC(=NCC1CCCOC1C(C)(C)C)NCC1Cc2ccccc21. The molecule has 3 unspecified atom stereocenters. The molecule has 0 radical (unpaired) electrons. The lowest BCUT2D eigenvalue weighted by atomic mass is 9.77. The summed E-state index contributed by atoms with van der Waals surface area (Å²) in [6.45, 7) is 12.5. The third-order valence-corrected chi connectivity index (χ3v) is 5.60. The van der Waals surface area contributed by atoms with E-state index < -0.39 is 0 Å². The van der Waals surface area contributed by atoms with Crippen LogP contribution in [0, 0.1) is 11.3 Å². The zero-order valence-electron chi connectivity index (χ0n) is 16.8. The Morgan fingerprint density at radius 2 is 2.04 bits per heavy atom. The van der Waals surface area contributed by atoms with Gasteiger partial charge in [-0.25, -0.2) is 0 Å². The van der Waals surface area contributed by atoms with Crippen molar-refractivity contribution < 1.29 is 4.74 Å². The van der Waals surface area contributed by atoms with Crippen LogP contribution in [0.2, 0.25) is 0 Å². The molecule has 1 aliphatic carbocycles. The van der Waals surface area contributed by atoms with Gasteiger partial charge in [0.1, 0.15) is 0 Å². The smallest absolute Gasteiger partial charge is 0.191 e. The summed E-state index contributed by atoms with van der Waals surface area (Å²) < 4.78 is 6.10. The molecule has 0 bridgehead atoms. The van der Waals surface area contributed by atoms with Crippen LogP contribution in [0.15, 0.2) is 29.3 Å². The third-order valence-electron chi connectivity index (χ3n) is 5.60. The Hall–Kier alpha value is -1.55. The molecule has 2 aliphatic rings. The van der Waals surface area contributed by atoms with Gasteiger partial charge in [-0.05, 0) is 42.7 Å². The number of rotatable bonds is 5. The fraction of sp³-hybridized carbons (Fsp3) is 0.682. The highest BCUT2D eigenvalue weighted by molar-refractivity contribution is 5.79. The van der Waals surface area contributed by atoms with E-state index in [2.05, 4.69) is 62.6 Å². The Kier molecular flexibility index (Phi) is 6.23. The summed E-state index contributed by atoms with van der Waals surface area (Å²) in [6, 6.07) is 8.76. The number of nitrogens with one attached hydrogen (secondary N) is 2. The first-order valence-electron chi connectivity index (χ1n) is 10.2. The lowest BCUT2D eigenvalue weighted by molar-refractivity contribution is -0.0823. The first-order chi connectivity index (χ1) is 12.5. The molecular weight excluding hydrogens is 322 g/mol. The second-order valence-electron chi connectivity index (χ2n) is 8.76. The number of aliphatic imine (C=N–C) groups is 1. The maximum atomic E-state index is 6.10. The predicted molar refractivity (Wildman–Crippen MR) is 109 cm³/mol. The van der Waals surface area contributed by atoms with Crippen molar-refractivity contribution in [2.45, 2.75) is 59.0 Å². The maximum Gasteiger partial charge on any atom is 0.191 e. The van der Waals surface area contributed by atoms with Gasteiger partial charge < -0.3 is 15.4 Å². The zero-order valence-corrected chi connectivity index (χ0v) is 16.8. The average Bonchev–Trinajstić information content (AvgIpc) is 2.60. The van der Waals surface area contributed by atoms with Crippen LogP contribution in [-0.2, 0) is 11.2 Å². The molecule has 2 N–H and O–H groups in total. The molecule has 144 valence electrons. The highest BCUT2D eigenvalue weighted by Gasteiger charge is 2.35. The van der Waals surface area contributed by atoms with Crippen LogP contribution in [0.1, 0.15) is 57.6 Å². The first-order valence-corrected chi connectivity index (χ1v) is 10.2.